The molecule has 1 aliphatic rings. The lowest BCUT2D eigenvalue weighted by Gasteiger charge is -2.30. The minimum atomic E-state index is -0.103. The molecule has 0 aromatic heterocycles. The van der Waals surface area contributed by atoms with Gasteiger partial charge in [-0.1, -0.05) is 29.8 Å². The van der Waals surface area contributed by atoms with E-state index in [1.54, 1.807) is 12.0 Å². The van der Waals surface area contributed by atoms with Crippen LogP contribution in [0.5, 0.6) is 5.75 Å². The number of benzene rings is 2. The average Bonchev–Trinajstić information content (AvgIpc) is 2.68. The minimum absolute atomic E-state index is 0.00795. The van der Waals surface area contributed by atoms with Crippen LogP contribution in [-0.2, 0) is 16.0 Å². The van der Waals surface area contributed by atoms with Crippen molar-refractivity contribution in [2.24, 2.45) is 0 Å². The zero-order chi connectivity index (χ0) is 19.2. The summed E-state index contributed by atoms with van der Waals surface area (Å²) in [5, 5.41) is 2.85. The van der Waals surface area contributed by atoms with Crippen molar-refractivity contribution in [3.8, 4) is 5.75 Å². The van der Waals surface area contributed by atoms with Crippen LogP contribution in [0, 0.1) is 6.92 Å². The Hall–Kier alpha value is -2.47. The van der Waals surface area contributed by atoms with E-state index in [-0.39, 0.29) is 23.3 Å². The van der Waals surface area contributed by atoms with Crippen LogP contribution in [-0.4, -0.2) is 37.0 Å². The number of hydrogen-bond donors (Lipinski definition) is 1. The molecule has 0 aliphatic carbocycles. The first-order valence-corrected chi connectivity index (χ1v) is 10.1. The van der Waals surface area contributed by atoms with Gasteiger partial charge in [-0.3, -0.25) is 9.59 Å². The molecule has 1 heterocycles. The number of anilines is 2. The molecule has 5 nitrogen and oxygen atoms in total. The van der Waals surface area contributed by atoms with E-state index in [0.717, 1.165) is 41.1 Å². The van der Waals surface area contributed by atoms with Crippen LogP contribution in [0.25, 0.3) is 0 Å². The molecule has 6 heteroatoms. The summed E-state index contributed by atoms with van der Waals surface area (Å²) < 4.78 is 5.45. The van der Waals surface area contributed by atoms with Gasteiger partial charge in [-0.25, -0.2) is 0 Å². The molecule has 0 radical (unpaired) electrons. The maximum atomic E-state index is 12.7. The molecule has 2 amide bonds. The zero-order valence-corrected chi connectivity index (χ0v) is 16.5. The number of methoxy groups -OCH3 is 1. The van der Waals surface area contributed by atoms with Crippen LogP contribution in [0.15, 0.2) is 42.5 Å². The van der Waals surface area contributed by atoms with Crippen molar-refractivity contribution in [1.29, 1.82) is 0 Å². The number of rotatable bonds is 6. The number of amides is 2. The minimum Gasteiger partial charge on any atom is -0.495 e. The summed E-state index contributed by atoms with van der Waals surface area (Å²) in [4.78, 5) is 26.6. The van der Waals surface area contributed by atoms with Crippen LogP contribution in [0.1, 0.15) is 17.5 Å². The number of hydrogen-bond acceptors (Lipinski definition) is 4. The molecule has 0 spiro atoms. The van der Waals surface area contributed by atoms with Crippen LogP contribution >= 0.6 is 11.8 Å². The second-order valence-corrected chi connectivity index (χ2v) is 7.51. The molecule has 1 aliphatic heterocycles. The molecule has 0 unspecified atom stereocenters. The molecule has 2 aromatic carbocycles. The smallest absolute Gasteiger partial charge is 0.237 e. The number of carbonyl (C=O) groups is 2. The molecule has 0 bridgehead atoms. The number of aryl methyl sites for hydroxylation is 2. The molecule has 1 N–H and O–H groups in total. The normalized spacial score (nSPS) is 13.0. The molecule has 0 atom stereocenters. The Labute approximate surface area is 164 Å². The second-order valence-electron chi connectivity index (χ2n) is 6.52. The van der Waals surface area contributed by atoms with E-state index in [1.807, 2.05) is 49.4 Å². The van der Waals surface area contributed by atoms with Gasteiger partial charge < -0.3 is 15.0 Å². The predicted molar refractivity (Wildman–Crippen MR) is 111 cm³/mol. The average molecular weight is 385 g/mol. The molecule has 0 saturated heterocycles. The largest absolute Gasteiger partial charge is 0.495 e. The fraction of sp³-hybridized carbons (Fsp3) is 0.333. The first-order chi connectivity index (χ1) is 13.1. The highest BCUT2D eigenvalue weighted by Gasteiger charge is 2.25. The van der Waals surface area contributed by atoms with Gasteiger partial charge in [-0.15, -0.1) is 11.8 Å². The van der Waals surface area contributed by atoms with Crippen LogP contribution in [0.4, 0.5) is 11.4 Å². The number of carbonyl (C=O) groups excluding carboxylic acids is 2. The van der Waals surface area contributed by atoms with Crippen LogP contribution in [0.3, 0.4) is 0 Å². The van der Waals surface area contributed by atoms with Gasteiger partial charge in [0.05, 0.1) is 24.3 Å². The lowest BCUT2D eigenvalue weighted by Crippen LogP contribution is -2.37. The Morgan fingerprint density at radius 3 is 2.67 bits per heavy atom. The van der Waals surface area contributed by atoms with E-state index >= 15 is 0 Å². The molecular weight excluding hydrogens is 360 g/mol. The third-order valence-electron chi connectivity index (χ3n) is 4.50. The number of fused-ring (bicyclic) bond motifs is 1. The topological polar surface area (TPSA) is 58.6 Å². The van der Waals surface area contributed by atoms with Crippen molar-refractivity contribution in [1.82, 2.24) is 0 Å². The van der Waals surface area contributed by atoms with Gasteiger partial charge in [-0.2, -0.15) is 0 Å². The monoisotopic (exact) mass is 384 g/mol. The van der Waals surface area contributed by atoms with Crippen molar-refractivity contribution in [3.63, 3.8) is 0 Å². The lowest BCUT2D eigenvalue weighted by atomic mass is 10.0. The van der Waals surface area contributed by atoms with E-state index in [4.69, 9.17) is 4.74 Å². The van der Waals surface area contributed by atoms with E-state index < -0.39 is 0 Å². The maximum absolute atomic E-state index is 12.7. The van der Waals surface area contributed by atoms with E-state index in [1.165, 1.54) is 11.8 Å². The third kappa shape index (κ3) is 4.83. The highest BCUT2D eigenvalue weighted by atomic mass is 32.2. The van der Waals surface area contributed by atoms with E-state index in [9.17, 15) is 9.59 Å². The molecule has 0 fully saturated rings. The summed E-state index contributed by atoms with van der Waals surface area (Å²) in [6.45, 7) is 2.68. The molecular formula is C21H24N2O3S. The first-order valence-electron chi connectivity index (χ1n) is 8.99. The Kier molecular flexibility index (Phi) is 6.40. The van der Waals surface area contributed by atoms with E-state index in [0.29, 0.717) is 6.54 Å². The van der Waals surface area contributed by atoms with Crippen molar-refractivity contribution < 1.29 is 14.3 Å². The highest BCUT2D eigenvalue weighted by molar-refractivity contribution is 8.00. The molecule has 2 aromatic rings. The van der Waals surface area contributed by atoms with Gasteiger partial charge in [0.15, 0.2) is 0 Å². The second kappa shape index (κ2) is 8.95. The van der Waals surface area contributed by atoms with Crippen molar-refractivity contribution >= 4 is 35.0 Å². The van der Waals surface area contributed by atoms with Gasteiger partial charge in [0, 0.05) is 12.2 Å². The quantitative estimate of drug-likeness (QED) is 0.826. The van der Waals surface area contributed by atoms with Gasteiger partial charge in [0.1, 0.15) is 5.75 Å². The van der Waals surface area contributed by atoms with Crippen molar-refractivity contribution in [3.05, 3.63) is 53.6 Å². The van der Waals surface area contributed by atoms with E-state index in [2.05, 4.69) is 5.32 Å². The lowest BCUT2D eigenvalue weighted by molar-refractivity contribution is -0.116. The zero-order valence-electron chi connectivity index (χ0n) is 15.7. The molecule has 3 rings (SSSR count). The number of thioether (sulfide) groups is 1. The number of ether oxygens (including phenoxy) is 1. The highest BCUT2D eigenvalue weighted by Crippen LogP contribution is 2.36. The summed E-state index contributed by atoms with van der Waals surface area (Å²) in [6, 6.07) is 13.5. The van der Waals surface area contributed by atoms with Crippen molar-refractivity contribution in [2.75, 3.05) is 35.4 Å². The number of nitrogens with one attached hydrogen (secondary N) is 1. The molecule has 0 saturated carbocycles. The van der Waals surface area contributed by atoms with Gasteiger partial charge in [0.25, 0.3) is 0 Å². The Balaban J connectivity index is 1.54. The fourth-order valence-corrected chi connectivity index (χ4v) is 3.86. The Bertz CT molecular complexity index is 806. The van der Waals surface area contributed by atoms with Gasteiger partial charge >= 0.3 is 0 Å². The predicted octanol–water partition coefficient (Wildman–Crippen LogP) is 3.65. The summed E-state index contributed by atoms with van der Waals surface area (Å²) in [5.41, 5.74) is 3.93. The summed E-state index contributed by atoms with van der Waals surface area (Å²) in [6.07, 6.45) is 1.88. The number of nitrogens with zero attached hydrogens (tertiary/aromatic N) is 1. The number of para-hydroxylation sites is 1. The summed E-state index contributed by atoms with van der Waals surface area (Å²) in [5.74, 6) is 1.13. The van der Waals surface area contributed by atoms with Crippen LogP contribution < -0.4 is 15.0 Å². The van der Waals surface area contributed by atoms with Gasteiger partial charge in [-0.05, 0) is 43.5 Å². The summed E-state index contributed by atoms with van der Waals surface area (Å²) in [7, 11) is 1.62. The van der Waals surface area contributed by atoms with Crippen LogP contribution in [0.2, 0.25) is 0 Å². The van der Waals surface area contributed by atoms with Crippen molar-refractivity contribution in [2.45, 2.75) is 19.8 Å². The standard InChI is InChI=1S/C21H24N2O3S/c1-15-8-10-17(11-9-15)22-19(24)13-27-14-20(25)23-12-4-6-16-5-3-7-18(26-2)21(16)23/h3,5,7-11H,4,6,12-14H2,1-2H3,(H,22,24). The SMILES string of the molecule is COc1cccc2c1N(C(=O)CSCC(=O)Nc1ccc(C)cc1)CCC2. The Morgan fingerprint density at radius 2 is 1.93 bits per heavy atom. The fourth-order valence-electron chi connectivity index (χ4n) is 3.17. The third-order valence-corrected chi connectivity index (χ3v) is 5.41. The maximum Gasteiger partial charge on any atom is 0.237 e. The molecule has 27 heavy (non-hydrogen) atoms. The first kappa shape index (κ1) is 19.3. The summed E-state index contributed by atoms with van der Waals surface area (Å²) >= 11 is 1.33. The molecule has 142 valence electrons. The van der Waals surface area contributed by atoms with Gasteiger partial charge in [0.2, 0.25) is 11.8 Å². The Morgan fingerprint density at radius 1 is 1.15 bits per heavy atom.